The first-order chi connectivity index (χ1) is 16.8. The second kappa shape index (κ2) is 9.10. The topological polar surface area (TPSA) is 107 Å². The second-order valence-electron chi connectivity index (χ2n) is 8.31. The summed E-state index contributed by atoms with van der Waals surface area (Å²) < 4.78 is 37.8. The van der Waals surface area contributed by atoms with Gasteiger partial charge in [0.15, 0.2) is 5.76 Å². The van der Waals surface area contributed by atoms with E-state index in [4.69, 9.17) is 14.9 Å². The second-order valence-corrected chi connectivity index (χ2v) is 9.31. The third-order valence-electron chi connectivity index (χ3n) is 5.90. The van der Waals surface area contributed by atoms with Gasteiger partial charge in [-0.15, -0.1) is 11.3 Å². The van der Waals surface area contributed by atoms with Crippen molar-refractivity contribution >= 4 is 39.1 Å². The molecule has 10 heteroatoms. The van der Waals surface area contributed by atoms with Crippen LogP contribution < -0.4 is 15.8 Å². The van der Waals surface area contributed by atoms with E-state index in [-0.39, 0.29) is 27.8 Å². The number of ether oxygens (including phenoxy) is 1. The fraction of sp³-hybridized carbons (Fsp3) is 0.240. The summed E-state index contributed by atoms with van der Waals surface area (Å²) in [7, 11) is 0. The number of fused-ring (bicyclic) bond motifs is 2. The number of nitrogens with zero attached hydrogens (tertiary/aromatic N) is 1. The van der Waals surface area contributed by atoms with Crippen LogP contribution in [0.5, 0.6) is 5.75 Å². The highest BCUT2D eigenvalue weighted by Gasteiger charge is 2.24. The predicted octanol–water partition coefficient (Wildman–Crippen LogP) is 5.55. The molecular weight excluding hydrogens is 476 g/mol. The van der Waals surface area contributed by atoms with E-state index in [2.05, 4.69) is 16.4 Å². The van der Waals surface area contributed by atoms with E-state index in [0.717, 1.165) is 36.3 Å². The van der Waals surface area contributed by atoms with E-state index in [1.54, 1.807) is 13.0 Å². The smallest absolute Gasteiger partial charge is 0.291 e. The van der Waals surface area contributed by atoms with Crippen molar-refractivity contribution in [2.24, 2.45) is 5.73 Å². The van der Waals surface area contributed by atoms with Gasteiger partial charge in [-0.2, -0.15) is 0 Å². The molecule has 3 heterocycles. The number of nitrogens with one attached hydrogen (secondary N) is 1. The molecule has 7 nitrogen and oxygen atoms in total. The van der Waals surface area contributed by atoms with Gasteiger partial charge in [0.2, 0.25) is 0 Å². The predicted molar refractivity (Wildman–Crippen MR) is 127 cm³/mol. The van der Waals surface area contributed by atoms with Crippen molar-refractivity contribution in [2.75, 3.05) is 5.32 Å². The van der Waals surface area contributed by atoms with Gasteiger partial charge >= 0.3 is 0 Å². The minimum Gasteiger partial charge on any atom is -0.486 e. The number of aryl methyl sites for hydroxylation is 3. The number of aromatic nitrogens is 1. The van der Waals surface area contributed by atoms with Crippen molar-refractivity contribution in [3.63, 3.8) is 0 Å². The number of hydrogen-bond acceptors (Lipinski definition) is 6. The van der Waals surface area contributed by atoms with E-state index >= 15 is 0 Å². The first-order valence-electron chi connectivity index (χ1n) is 11.0. The van der Waals surface area contributed by atoms with Crippen LogP contribution in [0.1, 0.15) is 61.2 Å². The lowest BCUT2D eigenvalue weighted by Gasteiger charge is -2.08. The number of rotatable bonds is 7. The number of benzene rings is 1. The Bertz CT molecular complexity index is 1460. The fourth-order valence-electron chi connectivity index (χ4n) is 4.26. The first kappa shape index (κ1) is 23.0. The highest BCUT2D eigenvalue weighted by molar-refractivity contribution is 7.21. The summed E-state index contributed by atoms with van der Waals surface area (Å²) in [5.74, 6) is -0.241. The maximum atomic E-state index is 13.2. The van der Waals surface area contributed by atoms with E-state index in [9.17, 15) is 18.4 Å². The molecule has 0 saturated carbocycles. The summed E-state index contributed by atoms with van der Waals surface area (Å²) in [5, 5.41) is 3.03. The molecule has 0 aliphatic heterocycles. The molecule has 2 amide bonds. The standard InChI is InChI=1S/C25H21F2N3O4S/c1-12-9-17(22(26)27)29-25-19(12)20(21(35-25)23(28)31)30-24(32)18-8-7-16(34-18)11-33-15-6-5-13-3-2-4-14(13)10-15/h5-10,22H,2-4,11H2,1H3,(H2,28,31)(H,30,32). The van der Waals surface area contributed by atoms with Gasteiger partial charge in [0, 0.05) is 5.39 Å². The molecule has 5 rings (SSSR count). The molecular formula is C25H21F2N3O4S. The van der Waals surface area contributed by atoms with E-state index in [1.807, 2.05) is 12.1 Å². The molecule has 4 aromatic rings. The quantitative estimate of drug-likeness (QED) is 0.348. The third kappa shape index (κ3) is 4.49. The van der Waals surface area contributed by atoms with Gasteiger partial charge < -0.3 is 20.2 Å². The van der Waals surface area contributed by atoms with Crippen molar-refractivity contribution in [1.82, 2.24) is 4.98 Å². The highest BCUT2D eigenvalue weighted by atomic mass is 32.1. The Morgan fingerprint density at radius 3 is 2.77 bits per heavy atom. The Balaban J connectivity index is 1.35. The number of carbonyl (C=O) groups is 2. The zero-order valence-electron chi connectivity index (χ0n) is 18.7. The van der Waals surface area contributed by atoms with Crippen LogP contribution in [0.15, 0.2) is 40.8 Å². The van der Waals surface area contributed by atoms with Gasteiger partial charge in [-0.25, -0.2) is 13.8 Å². The van der Waals surface area contributed by atoms with Gasteiger partial charge in [0.05, 0.1) is 5.69 Å². The summed E-state index contributed by atoms with van der Waals surface area (Å²) in [4.78, 5) is 29.0. The molecule has 1 aliphatic rings. The van der Waals surface area contributed by atoms with E-state index in [0.29, 0.717) is 16.7 Å². The van der Waals surface area contributed by atoms with Crippen LogP contribution in [0.4, 0.5) is 14.5 Å². The van der Waals surface area contributed by atoms with Crippen LogP contribution in [0, 0.1) is 6.92 Å². The minimum atomic E-state index is -2.77. The van der Waals surface area contributed by atoms with Crippen molar-refractivity contribution in [3.8, 4) is 5.75 Å². The van der Waals surface area contributed by atoms with Crippen molar-refractivity contribution in [1.29, 1.82) is 0 Å². The number of nitrogens with two attached hydrogens (primary N) is 1. The summed E-state index contributed by atoms with van der Waals surface area (Å²) in [6.07, 6.45) is 0.512. The summed E-state index contributed by atoms with van der Waals surface area (Å²) in [6.45, 7) is 1.74. The molecule has 0 unspecified atom stereocenters. The lowest BCUT2D eigenvalue weighted by Crippen LogP contribution is -2.16. The molecule has 0 radical (unpaired) electrons. The zero-order chi connectivity index (χ0) is 24.7. The molecule has 1 aromatic carbocycles. The molecule has 0 saturated heterocycles. The molecule has 180 valence electrons. The number of pyridine rings is 1. The molecule has 1 aliphatic carbocycles. The van der Waals surface area contributed by atoms with Crippen LogP contribution in [0.2, 0.25) is 0 Å². The lowest BCUT2D eigenvalue weighted by molar-refractivity contribution is 0.0992. The summed E-state index contributed by atoms with van der Waals surface area (Å²) in [6, 6.07) is 10.4. The van der Waals surface area contributed by atoms with E-state index < -0.39 is 23.9 Å². The first-order valence-corrected chi connectivity index (χ1v) is 11.8. The number of furan rings is 1. The Kier molecular flexibility index (Phi) is 5.98. The maximum absolute atomic E-state index is 13.2. The van der Waals surface area contributed by atoms with Gasteiger partial charge in [-0.05, 0) is 73.2 Å². The molecule has 35 heavy (non-hydrogen) atoms. The Hall–Kier alpha value is -3.79. The third-order valence-corrected chi connectivity index (χ3v) is 7.00. The highest BCUT2D eigenvalue weighted by Crippen LogP contribution is 2.38. The van der Waals surface area contributed by atoms with Crippen molar-refractivity contribution < 1.29 is 27.5 Å². The summed E-state index contributed by atoms with van der Waals surface area (Å²) >= 11 is 0.850. The van der Waals surface area contributed by atoms with Crippen LogP contribution >= 0.6 is 11.3 Å². The fourth-order valence-corrected chi connectivity index (χ4v) is 5.32. The number of alkyl halides is 2. The molecule has 0 spiro atoms. The van der Waals surface area contributed by atoms with Crippen LogP contribution in [0.25, 0.3) is 10.2 Å². The molecule has 0 atom stereocenters. The van der Waals surface area contributed by atoms with Gasteiger partial charge in [-0.3, -0.25) is 9.59 Å². The zero-order valence-corrected chi connectivity index (χ0v) is 19.5. The van der Waals surface area contributed by atoms with Gasteiger partial charge in [0.1, 0.15) is 33.5 Å². The average Bonchev–Trinajstić information content (AvgIpc) is 3.55. The minimum absolute atomic E-state index is 0.00198. The van der Waals surface area contributed by atoms with E-state index in [1.165, 1.54) is 23.3 Å². The monoisotopic (exact) mass is 497 g/mol. The average molecular weight is 498 g/mol. The number of amides is 2. The van der Waals surface area contributed by atoms with Crippen LogP contribution in [0.3, 0.4) is 0 Å². The maximum Gasteiger partial charge on any atom is 0.291 e. The SMILES string of the molecule is Cc1cc(C(F)F)nc2sc(C(N)=O)c(NC(=O)c3ccc(COc4ccc5c(c4)CCC5)o3)c12. The Morgan fingerprint density at radius 1 is 1.20 bits per heavy atom. The molecule has 3 aromatic heterocycles. The molecule has 3 N–H and O–H groups in total. The Morgan fingerprint density at radius 2 is 2.00 bits per heavy atom. The number of halogens is 2. The van der Waals surface area contributed by atoms with Gasteiger partial charge in [-0.1, -0.05) is 6.07 Å². The largest absolute Gasteiger partial charge is 0.486 e. The summed E-state index contributed by atoms with van der Waals surface area (Å²) in [5.41, 5.74) is 8.27. The molecule has 0 fully saturated rings. The number of carbonyl (C=O) groups excluding carboxylic acids is 2. The van der Waals surface area contributed by atoms with Crippen molar-refractivity contribution in [2.45, 2.75) is 39.2 Å². The van der Waals surface area contributed by atoms with Crippen molar-refractivity contribution in [3.05, 3.63) is 75.2 Å². The Labute approximate surface area is 202 Å². The normalized spacial score (nSPS) is 12.8. The number of hydrogen-bond donors (Lipinski definition) is 2. The van der Waals surface area contributed by atoms with Crippen LogP contribution in [-0.2, 0) is 19.4 Å². The lowest BCUT2D eigenvalue weighted by atomic mass is 10.1. The number of primary amides is 1. The number of thiophene rings is 1. The molecule has 0 bridgehead atoms. The van der Waals surface area contributed by atoms with Crippen LogP contribution in [-0.4, -0.2) is 16.8 Å². The van der Waals surface area contributed by atoms with Gasteiger partial charge in [0.25, 0.3) is 18.2 Å². The number of anilines is 1.